The van der Waals surface area contributed by atoms with E-state index >= 15 is 0 Å². The standard InChI is InChI=1S/C15H28BNS/c1-4-13-15(11(2)3)12(7-5-6-10-17)14(18-13)8-9-16/h11-12,14H,4-10,17H2,1-3H3. The first-order chi connectivity index (χ1) is 8.65. The summed E-state index contributed by atoms with van der Waals surface area (Å²) in [7, 11) is 5.78. The zero-order valence-corrected chi connectivity index (χ0v) is 13.1. The zero-order valence-electron chi connectivity index (χ0n) is 12.2. The maximum absolute atomic E-state index is 5.78. The van der Waals surface area contributed by atoms with Gasteiger partial charge in [0.2, 0.25) is 0 Å². The monoisotopic (exact) mass is 265 g/mol. The molecule has 2 atom stereocenters. The Hall–Kier alpha value is 0.115. The van der Waals surface area contributed by atoms with E-state index in [0.29, 0.717) is 5.92 Å². The molecule has 3 heteroatoms. The van der Waals surface area contributed by atoms with Crippen LogP contribution in [-0.4, -0.2) is 19.6 Å². The second-order valence-electron chi connectivity index (χ2n) is 5.51. The molecule has 0 saturated carbocycles. The van der Waals surface area contributed by atoms with E-state index in [0.717, 1.165) is 36.9 Å². The van der Waals surface area contributed by atoms with Gasteiger partial charge in [-0.1, -0.05) is 39.1 Å². The van der Waals surface area contributed by atoms with Crippen LogP contribution < -0.4 is 5.73 Å². The van der Waals surface area contributed by atoms with Crippen LogP contribution in [0.15, 0.2) is 10.5 Å². The van der Waals surface area contributed by atoms with Crippen molar-refractivity contribution >= 4 is 19.6 Å². The van der Waals surface area contributed by atoms with E-state index in [-0.39, 0.29) is 0 Å². The normalized spacial score (nSPS) is 24.3. The predicted molar refractivity (Wildman–Crippen MR) is 85.1 cm³/mol. The molecule has 1 aliphatic heterocycles. The Labute approximate surface area is 119 Å². The minimum Gasteiger partial charge on any atom is -0.330 e. The molecular weight excluding hydrogens is 237 g/mol. The quantitative estimate of drug-likeness (QED) is 0.527. The third-order valence-corrected chi connectivity index (χ3v) is 5.50. The molecular formula is C15H28BNS. The Morgan fingerprint density at radius 1 is 1.28 bits per heavy atom. The lowest BCUT2D eigenvalue weighted by Gasteiger charge is -2.24. The van der Waals surface area contributed by atoms with E-state index in [4.69, 9.17) is 13.6 Å². The van der Waals surface area contributed by atoms with Crippen LogP contribution >= 0.6 is 11.8 Å². The molecule has 18 heavy (non-hydrogen) atoms. The smallest absolute Gasteiger partial charge is 0.0653 e. The highest BCUT2D eigenvalue weighted by atomic mass is 32.2. The number of hydrogen-bond donors (Lipinski definition) is 1. The fraction of sp³-hybridized carbons (Fsp3) is 0.867. The number of unbranched alkanes of at least 4 members (excludes halogenated alkanes) is 1. The molecule has 2 unspecified atom stereocenters. The summed E-state index contributed by atoms with van der Waals surface area (Å²) >= 11 is 2.11. The average Bonchev–Trinajstić information content (AvgIpc) is 2.68. The summed E-state index contributed by atoms with van der Waals surface area (Å²) in [6.45, 7) is 7.79. The largest absolute Gasteiger partial charge is 0.330 e. The Kier molecular flexibility index (Phi) is 7.47. The molecule has 0 amide bonds. The first-order valence-electron chi connectivity index (χ1n) is 7.45. The number of rotatable bonds is 8. The van der Waals surface area contributed by atoms with Gasteiger partial charge < -0.3 is 5.73 Å². The van der Waals surface area contributed by atoms with E-state index in [1.54, 1.807) is 10.5 Å². The first-order valence-corrected chi connectivity index (χ1v) is 8.33. The van der Waals surface area contributed by atoms with Gasteiger partial charge in [-0.3, -0.25) is 0 Å². The molecule has 102 valence electrons. The number of nitrogens with two attached hydrogens (primary N) is 1. The van der Waals surface area contributed by atoms with E-state index in [1.807, 2.05) is 0 Å². The molecule has 1 aliphatic rings. The van der Waals surface area contributed by atoms with Crippen LogP contribution in [-0.2, 0) is 0 Å². The van der Waals surface area contributed by atoms with Gasteiger partial charge in [0.15, 0.2) is 0 Å². The van der Waals surface area contributed by atoms with Gasteiger partial charge >= 0.3 is 0 Å². The lowest BCUT2D eigenvalue weighted by Crippen LogP contribution is -2.18. The summed E-state index contributed by atoms with van der Waals surface area (Å²) < 4.78 is 0. The zero-order chi connectivity index (χ0) is 13.5. The second kappa shape index (κ2) is 8.32. The van der Waals surface area contributed by atoms with Crippen molar-refractivity contribution in [1.82, 2.24) is 0 Å². The van der Waals surface area contributed by atoms with Crippen LogP contribution in [0.4, 0.5) is 0 Å². The summed E-state index contributed by atoms with van der Waals surface area (Å²) in [4.78, 5) is 1.64. The number of allylic oxidation sites excluding steroid dienone is 2. The van der Waals surface area contributed by atoms with Gasteiger partial charge in [-0.25, -0.2) is 0 Å². The van der Waals surface area contributed by atoms with Crippen LogP contribution in [0.25, 0.3) is 0 Å². The van der Waals surface area contributed by atoms with E-state index in [1.165, 1.54) is 19.3 Å². The molecule has 0 aromatic rings. The van der Waals surface area contributed by atoms with Gasteiger partial charge in [0.25, 0.3) is 0 Å². The van der Waals surface area contributed by atoms with Crippen molar-refractivity contribution in [2.75, 3.05) is 6.54 Å². The predicted octanol–water partition coefficient (Wildman–Crippen LogP) is 4.14. The van der Waals surface area contributed by atoms with Crippen molar-refractivity contribution in [3.63, 3.8) is 0 Å². The van der Waals surface area contributed by atoms with Gasteiger partial charge in [0.1, 0.15) is 0 Å². The molecule has 0 fully saturated rings. The van der Waals surface area contributed by atoms with Gasteiger partial charge in [-0.15, -0.1) is 11.8 Å². The maximum atomic E-state index is 5.78. The van der Waals surface area contributed by atoms with Gasteiger partial charge in [0.05, 0.1) is 7.85 Å². The van der Waals surface area contributed by atoms with Crippen molar-refractivity contribution in [3.05, 3.63) is 10.5 Å². The summed E-state index contributed by atoms with van der Waals surface area (Å²) in [6, 6.07) is 0. The van der Waals surface area contributed by atoms with E-state index < -0.39 is 0 Å². The fourth-order valence-electron chi connectivity index (χ4n) is 3.05. The lowest BCUT2D eigenvalue weighted by atomic mass is 9.81. The Morgan fingerprint density at radius 3 is 2.50 bits per heavy atom. The Morgan fingerprint density at radius 2 is 2.00 bits per heavy atom. The number of hydrogen-bond acceptors (Lipinski definition) is 2. The third kappa shape index (κ3) is 4.06. The molecule has 0 saturated heterocycles. The highest BCUT2D eigenvalue weighted by Gasteiger charge is 2.34. The van der Waals surface area contributed by atoms with Crippen LogP contribution in [0.3, 0.4) is 0 Å². The lowest BCUT2D eigenvalue weighted by molar-refractivity contribution is 0.466. The van der Waals surface area contributed by atoms with Crippen molar-refractivity contribution in [2.45, 2.75) is 64.4 Å². The minimum atomic E-state index is 0.679. The van der Waals surface area contributed by atoms with Crippen LogP contribution in [0.2, 0.25) is 6.32 Å². The highest BCUT2D eigenvalue weighted by Crippen LogP contribution is 2.49. The van der Waals surface area contributed by atoms with Crippen molar-refractivity contribution in [3.8, 4) is 0 Å². The van der Waals surface area contributed by atoms with Crippen LogP contribution in [0.5, 0.6) is 0 Å². The van der Waals surface area contributed by atoms with Gasteiger partial charge in [-0.2, -0.15) is 0 Å². The minimum absolute atomic E-state index is 0.679. The Bertz CT molecular complexity index is 276. The average molecular weight is 265 g/mol. The third-order valence-electron chi connectivity index (χ3n) is 3.83. The topological polar surface area (TPSA) is 26.0 Å². The van der Waals surface area contributed by atoms with E-state index in [9.17, 15) is 0 Å². The van der Waals surface area contributed by atoms with Crippen molar-refractivity contribution in [1.29, 1.82) is 0 Å². The molecule has 0 aromatic heterocycles. The maximum Gasteiger partial charge on any atom is 0.0653 e. The molecule has 1 heterocycles. The molecule has 0 bridgehead atoms. The number of thioether (sulfide) groups is 1. The molecule has 1 nitrogen and oxygen atoms in total. The second-order valence-corrected chi connectivity index (χ2v) is 6.85. The molecule has 0 spiro atoms. The van der Waals surface area contributed by atoms with Gasteiger partial charge in [-0.05, 0) is 49.0 Å². The molecule has 0 aliphatic carbocycles. The van der Waals surface area contributed by atoms with Gasteiger partial charge in [0, 0.05) is 5.25 Å². The van der Waals surface area contributed by atoms with E-state index in [2.05, 4.69) is 32.5 Å². The molecule has 2 radical (unpaired) electrons. The summed E-state index contributed by atoms with van der Waals surface area (Å²) in [6.07, 6.45) is 6.86. The highest BCUT2D eigenvalue weighted by molar-refractivity contribution is 8.04. The fourth-order valence-corrected chi connectivity index (χ4v) is 4.81. The summed E-state index contributed by atoms with van der Waals surface area (Å²) in [5, 5.41) is 0.722. The first kappa shape index (κ1) is 16.2. The summed E-state index contributed by atoms with van der Waals surface area (Å²) in [5.74, 6) is 1.43. The van der Waals surface area contributed by atoms with Crippen LogP contribution in [0.1, 0.15) is 52.9 Å². The Balaban J connectivity index is 2.76. The molecule has 0 aromatic carbocycles. The van der Waals surface area contributed by atoms with Crippen LogP contribution in [0, 0.1) is 11.8 Å². The SMILES string of the molecule is [B]CCC1SC(CC)=C(C(C)C)C1CCCCN. The molecule has 1 rings (SSSR count). The van der Waals surface area contributed by atoms with Crippen molar-refractivity contribution in [2.24, 2.45) is 17.6 Å². The summed E-state index contributed by atoms with van der Waals surface area (Å²) in [5.41, 5.74) is 7.34. The molecule has 2 N–H and O–H groups in total. The van der Waals surface area contributed by atoms with Crippen molar-refractivity contribution < 1.29 is 0 Å².